The first-order valence-corrected chi connectivity index (χ1v) is 10.3. The molecule has 0 fully saturated rings. The van der Waals surface area contributed by atoms with Gasteiger partial charge < -0.3 is 9.26 Å². The van der Waals surface area contributed by atoms with E-state index in [2.05, 4.69) is 15.1 Å². The first kappa shape index (κ1) is 19.3. The molecule has 0 spiro atoms. The van der Waals surface area contributed by atoms with E-state index < -0.39 is 10.0 Å². The minimum atomic E-state index is -3.49. The summed E-state index contributed by atoms with van der Waals surface area (Å²) in [6.07, 6.45) is 1.34. The summed E-state index contributed by atoms with van der Waals surface area (Å²) in [6, 6.07) is 10.6. The van der Waals surface area contributed by atoms with Gasteiger partial charge in [0.2, 0.25) is 21.7 Å². The second-order valence-electron chi connectivity index (χ2n) is 5.62. The number of methoxy groups -OCH3 is 1. The molecule has 0 saturated heterocycles. The Balaban J connectivity index is 1.69. The lowest BCUT2D eigenvalue weighted by Gasteiger charge is -2.10. The number of benzene rings is 1. The van der Waals surface area contributed by atoms with Crippen molar-refractivity contribution in [3.8, 4) is 17.1 Å². The largest absolute Gasteiger partial charge is 0.496 e. The molecule has 3 rings (SSSR count). The van der Waals surface area contributed by atoms with Crippen molar-refractivity contribution in [2.75, 3.05) is 21.2 Å². The van der Waals surface area contributed by atoms with Gasteiger partial charge in [-0.15, -0.1) is 0 Å². The predicted molar refractivity (Wildman–Crippen MR) is 101 cm³/mol. The summed E-state index contributed by atoms with van der Waals surface area (Å²) < 4.78 is 35.8. The molecule has 0 amide bonds. The van der Waals surface area contributed by atoms with E-state index in [-0.39, 0.29) is 4.90 Å². The van der Waals surface area contributed by atoms with E-state index in [1.165, 1.54) is 38.1 Å². The Morgan fingerprint density at radius 3 is 2.63 bits per heavy atom. The third kappa shape index (κ3) is 4.29. The van der Waals surface area contributed by atoms with Gasteiger partial charge in [-0.2, -0.15) is 4.98 Å². The van der Waals surface area contributed by atoms with Crippen LogP contribution in [0.15, 0.2) is 57.0 Å². The molecule has 27 heavy (non-hydrogen) atoms. The average molecular weight is 406 g/mol. The number of hydrogen-bond acceptors (Lipinski definition) is 8. The third-order valence-corrected chi connectivity index (χ3v) is 6.37. The molecule has 0 aliphatic carbocycles. The molecule has 1 aromatic carbocycles. The molecule has 8 nitrogen and oxygen atoms in total. The number of thioether (sulfide) groups is 1. The van der Waals surface area contributed by atoms with Gasteiger partial charge in [-0.3, -0.25) is 0 Å². The van der Waals surface area contributed by atoms with Crippen molar-refractivity contribution in [1.29, 1.82) is 0 Å². The third-order valence-electron chi connectivity index (χ3n) is 3.65. The zero-order valence-corrected chi connectivity index (χ0v) is 16.6. The molecule has 0 bridgehead atoms. The van der Waals surface area contributed by atoms with Crippen LogP contribution in [0.4, 0.5) is 0 Å². The van der Waals surface area contributed by atoms with E-state index in [0.717, 1.165) is 9.87 Å². The Labute approximate surface area is 161 Å². The fourth-order valence-corrected chi connectivity index (χ4v) is 3.73. The number of pyridine rings is 1. The molecular formula is C17H18N4O4S2. The van der Waals surface area contributed by atoms with Crippen molar-refractivity contribution in [2.45, 2.75) is 15.7 Å². The SMILES string of the molecule is COc1ccccc1-c1noc(CSc2ccc(S(=O)(=O)N(C)C)cn2)n1. The van der Waals surface area contributed by atoms with Crippen molar-refractivity contribution in [2.24, 2.45) is 0 Å². The predicted octanol–water partition coefficient (Wildman–Crippen LogP) is 2.68. The van der Waals surface area contributed by atoms with Crippen molar-refractivity contribution < 1.29 is 17.7 Å². The van der Waals surface area contributed by atoms with Gasteiger partial charge in [0, 0.05) is 20.3 Å². The van der Waals surface area contributed by atoms with Crippen LogP contribution in [-0.4, -0.2) is 49.1 Å². The van der Waals surface area contributed by atoms with Crippen molar-refractivity contribution in [3.63, 3.8) is 0 Å². The lowest BCUT2D eigenvalue weighted by atomic mass is 10.2. The van der Waals surface area contributed by atoms with Crippen LogP contribution >= 0.6 is 11.8 Å². The summed E-state index contributed by atoms with van der Waals surface area (Å²) >= 11 is 1.37. The van der Waals surface area contributed by atoms with Gasteiger partial charge in [-0.25, -0.2) is 17.7 Å². The highest BCUT2D eigenvalue weighted by Gasteiger charge is 2.18. The van der Waals surface area contributed by atoms with E-state index in [1.54, 1.807) is 13.2 Å². The molecule has 0 N–H and O–H groups in total. The highest BCUT2D eigenvalue weighted by molar-refractivity contribution is 7.98. The zero-order chi connectivity index (χ0) is 19.4. The molecule has 3 aromatic rings. The Hall–Kier alpha value is -2.43. The van der Waals surface area contributed by atoms with Gasteiger partial charge in [-0.05, 0) is 24.3 Å². The topological polar surface area (TPSA) is 98.4 Å². The monoisotopic (exact) mass is 406 g/mol. The average Bonchev–Trinajstić information content (AvgIpc) is 3.15. The number of ether oxygens (including phenoxy) is 1. The molecule has 0 aliphatic heterocycles. The molecule has 0 unspecified atom stereocenters. The molecule has 0 radical (unpaired) electrons. The number of hydrogen-bond donors (Lipinski definition) is 0. The molecule has 0 atom stereocenters. The maximum atomic E-state index is 12.0. The molecule has 142 valence electrons. The fraction of sp³-hybridized carbons (Fsp3) is 0.235. The minimum Gasteiger partial charge on any atom is -0.496 e. The summed E-state index contributed by atoms with van der Waals surface area (Å²) in [5, 5.41) is 4.65. The van der Waals surface area contributed by atoms with Crippen LogP contribution in [0.3, 0.4) is 0 Å². The molecule has 2 aromatic heterocycles. The number of rotatable bonds is 7. The number of nitrogens with zero attached hydrogens (tertiary/aromatic N) is 4. The van der Waals surface area contributed by atoms with Crippen LogP contribution in [0.5, 0.6) is 5.75 Å². The van der Waals surface area contributed by atoms with Crippen molar-refractivity contribution in [1.82, 2.24) is 19.4 Å². The van der Waals surface area contributed by atoms with E-state index >= 15 is 0 Å². The van der Waals surface area contributed by atoms with E-state index in [4.69, 9.17) is 9.26 Å². The maximum Gasteiger partial charge on any atom is 0.244 e. The first-order valence-electron chi connectivity index (χ1n) is 7.89. The van der Waals surface area contributed by atoms with E-state index in [1.807, 2.05) is 24.3 Å². The molecule has 2 heterocycles. The van der Waals surface area contributed by atoms with E-state index in [9.17, 15) is 8.42 Å². The Morgan fingerprint density at radius 2 is 1.96 bits per heavy atom. The van der Waals surface area contributed by atoms with Gasteiger partial charge in [0.15, 0.2) is 0 Å². The highest BCUT2D eigenvalue weighted by atomic mass is 32.2. The zero-order valence-electron chi connectivity index (χ0n) is 15.0. The van der Waals surface area contributed by atoms with Gasteiger partial charge in [-0.1, -0.05) is 29.1 Å². The van der Waals surface area contributed by atoms with Gasteiger partial charge in [0.05, 0.1) is 23.5 Å². The van der Waals surface area contributed by atoms with Crippen molar-refractivity contribution >= 4 is 21.8 Å². The number of para-hydroxylation sites is 1. The Morgan fingerprint density at radius 1 is 1.19 bits per heavy atom. The summed E-state index contributed by atoms with van der Waals surface area (Å²) in [5.74, 6) is 1.96. The van der Waals surface area contributed by atoms with Crippen LogP contribution in [-0.2, 0) is 15.8 Å². The Kier molecular flexibility index (Phi) is 5.78. The van der Waals surface area contributed by atoms with Gasteiger partial charge in [0.1, 0.15) is 10.6 Å². The summed E-state index contributed by atoms with van der Waals surface area (Å²) in [7, 11) is 1.06. The normalized spacial score (nSPS) is 11.7. The second-order valence-corrected chi connectivity index (χ2v) is 8.77. The van der Waals surface area contributed by atoms with Crippen LogP contribution < -0.4 is 4.74 Å². The van der Waals surface area contributed by atoms with Crippen LogP contribution in [0.2, 0.25) is 0 Å². The lowest BCUT2D eigenvalue weighted by Crippen LogP contribution is -2.22. The summed E-state index contributed by atoms with van der Waals surface area (Å²) in [6.45, 7) is 0. The quantitative estimate of drug-likeness (QED) is 0.552. The van der Waals surface area contributed by atoms with Crippen LogP contribution in [0.1, 0.15) is 5.89 Å². The fourth-order valence-electron chi connectivity index (χ4n) is 2.20. The standard InChI is InChI=1S/C17H18N4O4S2/c1-21(2)27(22,23)12-8-9-16(18-10-12)26-11-15-19-17(20-25-15)13-6-4-5-7-14(13)24-3/h4-10H,11H2,1-3H3. The lowest BCUT2D eigenvalue weighted by molar-refractivity contribution is 0.390. The summed E-state index contributed by atoms with van der Waals surface area (Å²) in [4.78, 5) is 8.70. The number of aromatic nitrogens is 3. The maximum absolute atomic E-state index is 12.0. The van der Waals surface area contributed by atoms with Crippen molar-refractivity contribution in [3.05, 3.63) is 48.5 Å². The smallest absolute Gasteiger partial charge is 0.244 e. The molecule has 0 aliphatic rings. The van der Waals surface area contributed by atoms with Crippen LogP contribution in [0.25, 0.3) is 11.4 Å². The van der Waals surface area contributed by atoms with Gasteiger partial charge in [0.25, 0.3) is 0 Å². The molecule has 0 saturated carbocycles. The Bertz CT molecular complexity index is 1020. The van der Waals surface area contributed by atoms with E-state index in [0.29, 0.717) is 28.2 Å². The van der Waals surface area contributed by atoms with Gasteiger partial charge >= 0.3 is 0 Å². The number of sulfonamides is 1. The van der Waals surface area contributed by atoms with Crippen LogP contribution in [0, 0.1) is 0 Å². The summed E-state index contributed by atoms with van der Waals surface area (Å²) in [5.41, 5.74) is 0.747. The highest BCUT2D eigenvalue weighted by Crippen LogP contribution is 2.28. The molecule has 10 heteroatoms. The molecular weight excluding hydrogens is 388 g/mol. The minimum absolute atomic E-state index is 0.146. The first-order chi connectivity index (χ1) is 12.9. The second kappa shape index (κ2) is 8.07.